The van der Waals surface area contributed by atoms with Crippen LogP contribution in [0.4, 0.5) is 18.0 Å². The van der Waals surface area contributed by atoms with E-state index in [9.17, 15) is 18.0 Å². The van der Waals surface area contributed by atoms with E-state index in [1.807, 2.05) is 0 Å². The molecule has 1 aliphatic carbocycles. The SMILES string of the molecule is O=C(N[C@@H]1CCO[C@@H](C2CC2)C1)N[C@H]1CCN(CC(F)(F)F)C1. The Hall–Kier alpha value is -1.02. The molecule has 1 saturated carbocycles. The molecular formula is C15H24F3N3O2. The highest BCUT2D eigenvalue weighted by molar-refractivity contribution is 5.74. The number of nitrogens with zero attached hydrogens (tertiary/aromatic N) is 1. The molecule has 3 aliphatic rings. The number of hydrogen-bond acceptors (Lipinski definition) is 3. The largest absolute Gasteiger partial charge is 0.401 e. The Morgan fingerprint density at radius 1 is 1.13 bits per heavy atom. The normalized spacial score (nSPS) is 32.7. The summed E-state index contributed by atoms with van der Waals surface area (Å²) in [6, 6.07) is -0.385. The second-order valence-electron chi connectivity index (χ2n) is 6.92. The second-order valence-corrected chi connectivity index (χ2v) is 6.92. The van der Waals surface area contributed by atoms with Gasteiger partial charge in [0.15, 0.2) is 0 Å². The molecule has 3 atom stereocenters. The van der Waals surface area contributed by atoms with Crippen LogP contribution < -0.4 is 10.6 Å². The summed E-state index contributed by atoms with van der Waals surface area (Å²) < 4.78 is 42.8. The van der Waals surface area contributed by atoms with Gasteiger partial charge in [-0.05, 0) is 38.0 Å². The van der Waals surface area contributed by atoms with Crippen LogP contribution in [0.3, 0.4) is 0 Å². The van der Waals surface area contributed by atoms with Gasteiger partial charge in [-0.2, -0.15) is 13.2 Å². The molecule has 132 valence electrons. The number of likely N-dealkylation sites (tertiary alicyclic amines) is 1. The molecule has 0 unspecified atom stereocenters. The first-order valence-electron chi connectivity index (χ1n) is 8.37. The fraction of sp³-hybridized carbons (Fsp3) is 0.933. The standard InChI is InChI=1S/C15H24F3N3O2/c16-15(17,18)9-21-5-3-12(8-21)20-14(22)19-11-4-6-23-13(7-11)10-1-2-10/h10-13H,1-9H2,(H2,19,20,22)/t11-,12+,13-/m1/s1. The van der Waals surface area contributed by atoms with Gasteiger partial charge in [0.05, 0.1) is 12.6 Å². The Balaban J connectivity index is 1.38. The predicted molar refractivity (Wildman–Crippen MR) is 78.1 cm³/mol. The fourth-order valence-electron chi connectivity index (χ4n) is 3.52. The lowest BCUT2D eigenvalue weighted by atomic mass is 10.0. The number of amides is 2. The van der Waals surface area contributed by atoms with Gasteiger partial charge in [0.2, 0.25) is 0 Å². The van der Waals surface area contributed by atoms with Crippen molar-refractivity contribution in [2.45, 2.75) is 56.5 Å². The zero-order chi connectivity index (χ0) is 16.4. The van der Waals surface area contributed by atoms with Crippen molar-refractivity contribution in [3.8, 4) is 0 Å². The molecule has 0 aromatic carbocycles. The molecule has 2 N–H and O–H groups in total. The van der Waals surface area contributed by atoms with Crippen molar-refractivity contribution in [2.75, 3.05) is 26.2 Å². The molecule has 3 rings (SSSR count). The lowest BCUT2D eigenvalue weighted by Crippen LogP contribution is -2.50. The number of hydrogen-bond donors (Lipinski definition) is 2. The van der Waals surface area contributed by atoms with Gasteiger partial charge in [0.1, 0.15) is 0 Å². The summed E-state index contributed by atoms with van der Waals surface area (Å²) in [7, 11) is 0. The fourth-order valence-corrected chi connectivity index (χ4v) is 3.52. The summed E-state index contributed by atoms with van der Waals surface area (Å²) in [6.07, 6.45) is 0.674. The minimum atomic E-state index is -4.18. The van der Waals surface area contributed by atoms with Crippen molar-refractivity contribution in [1.82, 2.24) is 15.5 Å². The molecule has 0 aromatic rings. The lowest BCUT2D eigenvalue weighted by Gasteiger charge is -2.30. The summed E-state index contributed by atoms with van der Waals surface area (Å²) in [5, 5.41) is 5.75. The Bertz CT molecular complexity index is 429. The number of ether oxygens (including phenoxy) is 1. The number of rotatable bonds is 4. The molecule has 2 saturated heterocycles. The summed E-state index contributed by atoms with van der Waals surface area (Å²) in [5.74, 6) is 0.647. The molecule has 2 heterocycles. The highest BCUT2D eigenvalue weighted by atomic mass is 19.4. The molecule has 23 heavy (non-hydrogen) atoms. The Morgan fingerprint density at radius 3 is 2.57 bits per heavy atom. The second kappa shape index (κ2) is 6.84. The average Bonchev–Trinajstić information content (AvgIpc) is 3.21. The van der Waals surface area contributed by atoms with Crippen LogP contribution in [0.1, 0.15) is 32.1 Å². The van der Waals surface area contributed by atoms with E-state index in [1.54, 1.807) is 0 Å². The zero-order valence-electron chi connectivity index (χ0n) is 13.1. The minimum Gasteiger partial charge on any atom is -0.378 e. The van der Waals surface area contributed by atoms with E-state index in [1.165, 1.54) is 17.7 Å². The van der Waals surface area contributed by atoms with Gasteiger partial charge in [-0.3, -0.25) is 4.90 Å². The molecule has 0 bridgehead atoms. The monoisotopic (exact) mass is 335 g/mol. The quantitative estimate of drug-likeness (QED) is 0.825. The van der Waals surface area contributed by atoms with E-state index in [4.69, 9.17) is 4.74 Å². The van der Waals surface area contributed by atoms with Crippen molar-refractivity contribution >= 4 is 6.03 Å². The van der Waals surface area contributed by atoms with E-state index in [2.05, 4.69) is 10.6 Å². The molecular weight excluding hydrogens is 311 g/mol. The van der Waals surface area contributed by atoms with Gasteiger partial charge in [-0.15, -0.1) is 0 Å². The summed E-state index contributed by atoms with van der Waals surface area (Å²) in [5.41, 5.74) is 0. The molecule has 2 amide bonds. The van der Waals surface area contributed by atoms with Gasteiger partial charge in [-0.25, -0.2) is 4.79 Å². The maximum Gasteiger partial charge on any atom is 0.401 e. The van der Waals surface area contributed by atoms with Gasteiger partial charge in [0.25, 0.3) is 0 Å². The molecule has 0 radical (unpaired) electrons. The van der Waals surface area contributed by atoms with Gasteiger partial charge >= 0.3 is 12.2 Å². The highest BCUT2D eigenvalue weighted by Crippen LogP contribution is 2.38. The van der Waals surface area contributed by atoms with Crippen LogP contribution in [0.5, 0.6) is 0 Å². The molecule has 3 fully saturated rings. The first-order valence-corrected chi connectivity index (χ1v) is 8.37. The number of carbonyl (C=O) groups is 1. The number of carbonyl (C=O) groups excluding carboxylic acids is 1. The van der Waals surface area contributed by atoms with Crippen molar-refractivity contribution in [3.63, 3.8) is 0 Å². The maximum absolute atomic E-state index is 12.4. The Morgan fingerprint density at radius 2 is 1.87 bits per heavy atom. The van der Waals surface area contributed by atoms with E-state index >= 15 is 0 Å². The highest BCUT2D eigenvalue weighted by Gasteiger charge is 2.37. The molecule has 8 heteroatoms. The number of urea groups is 1. The summed E-state index contributed by atoms with van der Waals surface area (Å²) >= 11 is 0. The van der Waals surface area contributed by atoms with Crippen LogP contribution in [0.2, 0.25) is 0 Å². The first kappa shape index (κ1) is 16.8. The Labute approximate surface area is 133 Å². The van der Waals surface area contributed by atoms with Crippen molar-refractivity contribution in [3.05, 3.63) is 0 Å². The summed E-state index contributed by atoms with van der Waals surface area (Å²) in [6.45, 7) is 0.377. The van der Waals surface area contributed by atoms with Crippen molar-refractivity contribution in [2.24, 2.45) is 5.92 Å². The number of nitrogens with one attached hydrogen (secondary N) is 2. The van der Waals surface area contributed by atoms with E-state index in [0.29, 0.717) is 25.5 Å². The number of halogens is 3. The van der Waals surface area contributed by atoms with Gasteiger partial charge < -0.3 is 15.4 Å². The molecule has 5 nitrogen and oxygen atoms in total. The van der Waals surface area contributed by atoms with Gasteiger partial charge in [-0.1, -0.05) is 0 Å². The third-order valence-electron chi connectivity index (χ3n) is 4.81. The average molecular weight is 335 g/mol. The number of alkyl halides is 3. The van der Waals surface area contributed by atoms with Crippen molar-refractivity contribution in [1.29, 1.82) is 0 Å². The predicted octanol–water partition coefficient (Wildman–Crippen LogP) is 1.88. The minimum absolute atomic E-state index is 0.0991. The van der Waals surface area contributed by atoms with Crippen LogP contribution in [0.25, 0.3) is 0 Å². The van der Waals surface area contributed by atoms with E-state index in [0.717, 1.165) is 12.8 Å². The summed E-state index contributed by atoms with van der Waals surface area (Å²) in [4.78, 5) is 13.4. The maximum atomic E-state index is 12.4. The third kappa shape index (κ3) is 5.24. The smallest absolute Gasteiger partial charge is 0.378 e. The van der Waals surface area contributed by atoms with Crippen LogP contribution in [-0.4, -0.2) is 61.5 Å². The van der Waals surface area contributed by atoms with Gasteiger partial charge in [0, 0.05) is 31.8 Å². The molecule has 2 aliphatic heterocycles. The topological polar surface area (TPSA) is 53.6 Å². The lowest BCUT2D eigenvalue weighted by molar-refractivity contribution is -0.143. The Kier molecular flexibility index (Phi) is 5.01. The molecule has 0 spiro atoms. The first-order chi connectivity index (χ1) is 10.9. The van der Waals surface area contributed by atoms with Crippen LogP contribution in [0.15, 0.2) is 0 Å². The third-order valence-corrected chi connectivity index (χ3v) is 4.81. The van der Waals surface area contributed by atoms with E-state index < -0.39 is 12.7 Å². The zero-order valence-corrected chi connectivity index (χ0v) is 13.1. The molecule has 0 aromatic heterocycles. The van der Waals surface area contributed by atoms with Crippen LogP contribution >= 0.6 is 0 Å². The van der Waals surface area contributed by atoms with Crippen LogP contribution in [0, 0.1) is 5.92 Å². The van der Waals surface area contributed by atoms with E-state index in [-0.39, 0.29) is 30.8 Å². The van der Waals surface area contributed by atoms with Crippen molar-refractivity contribution < 1.29 is 22.7 Å². The van der Waals surface area contributed by atoms with Crippen LogP contribution in [-0.2, 0) is 4.74 Å².